The number of aromatic nitrogens is 2. The van der Waals surface area contributed by atoms with E-state index in [9.17, 15) is 4.39 Å². The first-order chi connectivity index (χ1) is 7.65. The molecule has 0 aliphatic heterocycles. The van der Waals surface area contributed by atoms with Crippen molar-refractivity contribution in [3.63, 3.8) is 0 Å². The fourth-order valence-corrected chi connectivity index (χ4v) is 1.71. The summed E-state index contributed by atoms with van der Waals surface area (Å²) in [7, 11) is 1.84. The van der Waals surface area contributed by atoms with Crippen LogP contribution in [0.2, 0.25) is 0 Å². The van der Waals surface area contributed by atoms with Gasteiger partial charge in [0.2, 0.25) is 0 Å². The van der Waals surface area contributed by atoms with Gasteiger partial charge in [-0.05, 0) is 12.1 Å². The third-order valence-corrected chi connectivity index (χ3v) is 2.70. The normalized spacial score (nSPS) is 10.4. The molecular weight excluding hydrogens is 273 g/mol. The van der Waals surface area contributed by atoms with Gasteiger partial charge in [0.15, 0.2) is 0 Å². The van der Waals surface area contributed by atoms with Gasteiger partial charge in [0.05, 0.1) is 11.9 Å². The first-order valence-corrected chi connectivity index (χ1v) is 5.61. The maximum absolute atomic E-state index is 13.5. The smallest absolute Gasteiger partial charge is 0.129 e. The Hall–Kier alpha value is -1.36. The van der Waals surface area contributed by atoms with Crippen molar-refractivity contribution in [1.82, 2.24) is 9.78 Å². The molecule has 2 rings (SSSR count). The number of nitrogens with zero attached hydrogens (tertiary/aromatic N) is 2. The average molecular weight is 284 g/mol. The Morgan fingerprint density at radius 3 is 2.94 bits per heavy atom. The summed E-state index contributed by atoms with van der Waals surface area (Å²) in [5.74, 6) is -0.217. The molecule has 0 saturated carbocycles. The topological polar surface area (TPSA) is 29.9 Å². The fraction of sp³-hybridized carbons (Fsp3) is 0.182. The molecular formula is C11H11BrFN3. The highest BCUT2D eigenvalue weighted by molar-refractivity contribution is 9.10. The van der Waals surface area contributed by atoms with Crippen LogP contribution in [0.4, 0.5) is 10.1 Å². The van der Waals surface area contributed by atoms with Crippen molar-refractivity contribution in [2.75, 3.05) is 5.32 Å². The first-order valence-electron chi connectivity index (χ1n) is 4.81. The van der Waals surface area contributed by atoms with Gasteiger partial charge in [0, 0.05) is 29.8 Å². The van der Waals surface area contributed by atoms with Gasteiger partial charge >= 0.3 is 0 Å². The van der Waals surface area contributed by atoms with E-state index < -0.39 is 0 Å². The molecule has 1 aromatic heterocycles. The first kappa shape index (κ1) is 11.1. The molecule has 0 spiro atoms. The molecule has 0 atom stereocenters. The SMILES string of the molecule is Cn1cc(NCc2ccc(Br)cc2F)cn1. The van der Waals surface area contributed by atoms with Crippen LogP contribution in [0, 0.1) is 5.82 Å². The van der Waals surface area contributed by atoms with Crippen molar-refractivity contribution in [3.05, 3.63) is 46.4 Å². The van der Waals surface area contributed by atoms with Crippen LogP contribution in [0.1, 0.15) is 5.56 Å². The molecule has 0 saturated heterocycles. The quantitative estimate of drug-likeness (QED) is 0.939. The van der Waals surface area contributed by atoms with Crippen LogP contribution in [0.25, 0.3) is 0 Å². The third-order valence-electron chi connectivity index (χ3n) is 2.20. The zero-order chi connectivity index (χ0) is 11.5. The maximum atomic E-state index is 13.5. The number of nitrogens with one attached hydrogen (secondary N) is 1. The minimum atomic E-state index is -0.217. The summed E-state index contributed by atoms with van der Waals surface area (Å²) in [6.45, 7) is 0.449. The van der Waals surface area contributed by atoms with Gasteiger partial charge in [-0.15, -0.1) is 0 Å². The molecule has 3 nitrogen and oxygen atoms in total. The molecule has 0 bridgehead atoms. The van der Waals surface area contributed by atoms with E-state index in [0.29, 0.717) is 12.1 Å². The molecule has 5 heteroatoms. The second-order valence-corrected chi connectivity index (χ2v) is 4.41. The van der Waals surface area contributed by atoms with Gasteiger partial charge in [-0.1, -0.05) is 22.0 Å². The molecule has 1 aromatic carbocycles. The second kappa shape index (κ2) is 4.65. The summed E-state index contributed by atoms with van der Waals surface area (Å²) < 4.78 is 15.9. The Labute approximate surface area is 101 Å². The number of rotatable bonds is 3. The molecule has 84 valence electrons. The van der Waals surface area contributed by atoms with Crippen LogP contribution in [0.15, 0.2) is 35.1 Å². The second-order valence-electron chi connectivity index (χ2n) is 3.49. The number of anilines is 1. The number of halogens is 2. The van der Waals surface area contributed by atoms with E-state index in [1.165, 1.54) is 6.07 Å². The summed E-state index contributed by atoms with van der Waals surface area (Å²) in [5.41, 5.74) is 1.51. The van der Waals surface area contributed by atoms with Crippen LogP contribution < -0.4 is 5.32 Å². The van der Waals surface area contributed by atoms with Crippen LogP contribution in [0.5, 0.6) is 0 Å². The van der Waals surface area contributed by atoms with Crippen molar-refractivity contribution >= 4 is 21.6 Å². The van der Waals surface area contributed by atoms with Crippen molar-refractivity contribution in [2.24, 2.45) is 7.05 Å². The van der Waals surface area contributed by atoms with E-state index in [-0.39, 0.29) is 5.82 Å². The zero-order valence-electron chi connectivity index (χ0n) is 8.74. The molecule has 2 aromatic rings. The molecule has 1 heterocycles. The summed E-state index contributed by atoms with van der Waals surface area (Å²) in [5, 5.41) is 7.12. The van der Waals surface area contributed by atoms with E-state index >= 15 is 0 Å². The summed E-state index contributed by atoms with van der Waals surface area (Å²) >= 11 is 3.22. The Bertz CT molecular complexity index is 496. The van der Waals surface area contributed by atoms with Gasteiger partial charge in [-0.25, -0.2) is 4.39 Å². The van der Waals surface area contributed by atoms with Crippen LogP contribution in [-0.2, 0) is 13.6 Å². The summed E-state index contributed by atoms with van der Waals surface area (Å²) in [6.07, 6.45) is 3.55. The van der Waals surface area contributed by atoms with Crippen molar-refractivity contribution < 1.29 is 4.39 Å². The van der Waals surface area contributed by atoms with Gasteiger partial charge in [0.25, 0.3) is 0 Å². The highest BCUT2D eigenvalue weighted by Gasteiger charge is 2.03. The summed E-state index contributed by atoms with van der Waals surface area (Å²) in [6, 6.07) is 5.03. The molecule has 0 amide bonds. The molecule has 0 unspecified atom stereocenters. The Kier molecular flexibility index (Phi) is 3.24. The number of benzene rings is 1. The highest BCUT2D eigenvalue weighted by Crippen LogP contribution is 2.16. The van der Waals surface area contributed by atoms with Gasteiger partial charge in [-0.3, -0.25) is 4.68 Å². The van der Waals surface area contributed by atoms with Crippen LogP contribution in [-0.4, -0.2) is 9.78 Å². The summed E-state index contributed by atoms with van der Waals surface area (Å²) in [4.78, 5) is 0. The molecule has 0 fully saturated rings. The van der Waals surface area contributed by atoms with Crippen LogP contribution in [0.3, 0.4) is 0 Å². The number of hydrogen-bond acceptors (Lipinski definition) is 2. The lowest BCUT2D eigenvalue weighted by Gasteiger charge is -2.05. The molecule has 0 aliphatic carbocycles. The van der Waals surface area contributed by atoms with E-state index in [0.717, 1.165) is 10.2 Å². The molecule has 0 aliphatic rings. The Morgan fingerprint density at radius 2 is 2.31 bits per heavy atom. The molecule has 0 radical (unpaired) electrons. The monoisotopic (exact) mass is 283 g/mol. The van der Waals surface area contributed by atoms with Crippen LogP contribution >= 0.6 is 15.9 Å². The average Bonchev–Trinajstić information content (AvgIpc) is 2.63. The van der Waals surface area contributed by atoms with Crippen molar-refractivity contribution in [1.29, 1.82) is 0 Å². The van der Waals surface area contributed by atoms with E-state index in [4.69, 9.17) is 0 Å². The Morgan fingerprint density at radius 1 is 1.50 bits per heavy atom. The lowest BCUT2D eigenvalue weighted by atomic mass is 10.2. The predicted molar refractivity (Wildman–Crippen MR) is 64.6 cm³/mol. The third kappa shape index (κ3) is 2.61. The Balaban J connectivity index is 2.04. The number of hydrogen-bond donors (Lipinski definition) is 1. The largest absolute Gasteiger partial charge is 0.378 e. The minimum Gasteiger partial charge on any atom is -0.378 e. The van der Waals surface area contributed by atoms with Crippen molar-refractivity contribution in [3.8, 4) is 0 Å². The highest BCUT2D eigenvalue weighted by atomic mass is 79.9. The molecule has 16 heavy (non-hydrogen) atoms. The van der Waals surface area contributed by atoms with E-state index in [2.05, 4.69) is 26.3 Å². The lowest BCUT2D eigenvalue weighted by molar-refractivity contribution is 0.612. The zero-order valence-corrected chi connectivity index (χ0v) is 10.3. The fourth-order valence-electron chi connectivity index (χ4n) is 1.37. The van der Waals surface area contributed by atoms with E-state index in [1.54, 1.807) is 16.9 Å². The number of aryl methyl sites for hydroxylation is 1. The van der Waals surface area contributed by atoms with Crippen molar-refractivity contribution in [2.45, 2.75) is 6.54 Å². The van der Waals surface area contributed by atoms with Gasteiger partial charge in [-0.2, -0.15) is 5.10 Å². The maximum Gasteiger partial charge on any atom is 0.129 e. The van der Waals surface area contributed by atoms with Gasteiger partial charge in [0.1, 0.15) is 5.82 Å². The standard InChI is InChI=1S/C11H11BrFN3/c1-16-7-10(6-15-16)14-5-8-2-3-9(12)4-11(8)13/h2-4,6-7,14H,5H2,1H3. The van der Waals surface area contributed by atoms with Gasteiger partial charge < -0.3 is 5.32 Å². The molecule has 1 N–H and O–H groups in total. The lowest BCUT2D eigenvalue weighted by Crippen LogP contribution is -2.00. The minimum absolute atomic E-state index is 0.217. The predicted octanol–water partition coefficient (Wildman–Crippen LogP) is 2.93. The van der Waals surface area contributed by atoms with E-state index in [1.807, 2.05) is 19.3 Å².